The van der Waals surface area contributed by atoms with Gasteiger partial charge in [-0.3, -0.25) is 0 Å². The molecule has 0 fully saturated rings. The van der Waals surface area contributed by atoms with E-state index in [0.717, 1.165) is 0 Å². The van der Waals surface area contributed by atoms with E-state index in [9.17, 15) is 0 Å². The summed E-state index contributed by atoms with van der Waals surface area (Å²) in [6.45, 7) is 0. The molecule has 10 rings (SSSR count). The van der Waals surface area contributed by atoms with Crippen LogP contribution in [-0.2, 0) is 0 Å². The molecule has 3 heteroatoms. The second-order valence-electron chi connectivity index (χ2n) is 15.5. The first kappa shape index (κ1) is 40.6. The van der Waals surface area contributed by atoms with E-state index in [-0.39, 0.29) is 0 Å². The van der Waals surface area contributed by atoms with Crippen molar-refractivity contribution in [3.63, 3.8) is 0 Å². The van der Waals surface area contributed by atoms with E-state index in [4.69, 9.17) is 0 Å². The first-order valence-corrected chi connectivity index (χ1v) is 25.4. The minimum absolute atomic E-state index is 0.694. The highest BCUT2D eigenvalue weighted by atomic mass is 31.1. The molecule has 10 aromatic rings. The van der Waals surface area contributed by atoms with Crippen molar-refractivity contribution >= 4 is 71.5 Å². The summed E-state index contributed by atoms with van der Waals surface area (Å²) in [5.41, 5.74) is 7.24. The smallest absolute Gasteiger partial charge is 0.0134 e. The van der Waals surface area contributed by atoms with Gasteiger partial charge in [-0.2, -0.15) is 0 Å². The Bertz CT molecular complexity index is 2530. The van der Waals surface area contributed by atoms with Gasteiger partial charge in [0, 0.05) is 0 Å². The molecule has 0 aromatic heterocycles. The third-order valence-electron chi connectivity index (χ3n) is 11.4. The maximum absolute atomic E-state index is 2.38. The molecular formula is C60H45P3. The van der Waals surface area contributed by atoms with Crippen LogP contribution in [0.5, 0.6) is 0 Å². The molecule has 0 unspecified atom stereocenters. The van der Waals surface area contributed by atoms with Crippen molar-refractivity contribution in [2.75, 3.05) is 0 Å². The van der Waals surface area contributed by atoms with E-state index in [2.05, 4.69) is 273 Å². The normalized spacial score (nSPS) is 11.3. The van der Waals surface area contributed by atoms with Crippen LogP contribution in [0.15, 0.2) is 273 Å². The predicted molar refractivity (Wildman–Crippen MR) is 279 cm³/mol. The summed E-state index contributed by atoms with van der Waals surface area (Å²) in [7, 11) is -2.08. The molecule has 0 radical (unpaired) electrons. The molecule has 0 spiro atoms. The van der Waals surface area contributed by atoms with Crippen LogP contribution in [0.4, 0.5) is 0 Å². The third kappa shape index (κ3) is 9.18. The van der Waals surface area contributed by atoms with Crippen molar-refractivity contribution in [2.45, 2.75) is 0 Å². The highest BCUT2D eigenvalue weighted by Gasteiger charge is 2.20. The Balaban J connectivity index is 1.05. The molecular weight excluding hydrogens is 814 g/mol. The van der Waals surface area contributed by atoms with Crippen LogP contribution in [-0.4, -0.2) is 0 Å². The van der Waals surface area contributed by atoms with Crippen molar-refractivity contribution < 1.29 is 0 Å². The molecule has 0 aliphatic carbocycles. The summed E-state index contributed by atoms with van der Waals surface area (Å²) < 4.78 is 0. The average molecular weight is 859 g/mol. The lowest BCUT2D eigenvalue weighted by Crippen LogP contribution is -2.20. The lowest BCUT2D eigenvalue weighted by molar-refractivity contribution is 1.58. The highest BCUT2D eigenvalue weighted by molar-refractivity contribution is 7.80. The predicted octanol–water partition coefficient (Wildman–Crippen LogP) is 12.0. The molecule has 0 amide bonds. The van der Waals surface area contributed by atoms with Crippen LogP contribution in [0.3, 0.4) is 0 Å². The second kappa shape index (κ2) is 19.3. The fourth-order valence-corrected chi connectivity index (χ4v) is 15.2. The molecule has 0 nitrogen and oxygen atoms in total. The Labute approximate surface area is 375 Å². The van der Waals surface area contributed by atoms with Gasteiger partial charge < -0.3 is 0 Å². The van der Waals surface area contributed by atoms with Gasteiger partial charge in [0.05, 0.1) is 0 Å². The van der Waals surface area contributed by atoms with Crippen LogP contribution in [0.25, 0.3) is 33.4 Å². The number of rotatable bonds is 12. The molecule has 300 valence electrons. The Morgan fingerprint density at radius 1 is 0.143 bits per heavy atom. The van der Waals surface area contributed by atoms with Crippen LogP contribution in [0, 0.1) is 0 Å². The first-order valence-electron chi connectivity index (χ1n) is 21.4. The Kier molecular flexibility index (Phi) is 12.4. The third-order valence-corrected chi connectivity index (χ3v) is 18.7. The lowest BCUT2D eigenvalue weighted by Gasteiger charge is -2.20. The molecule has 0 aliphatic heterocycles. The molecule has 0 bridgehead atoms. The standard InChI is InChI=1S/C60H45P3/c1-7-19-52(20-8-1)61(53-21-9-2-10-22-53)58-37-31-46(32-38-58)49-43-50(47-33-39-59(40-34-47)62(54-23-11-3-12-24-54)55-25-13-4-14-26-55)45-51(44-49)48-35-41-60(42-36-48)63(56-27-15-5-16-28-56)57-29-17-6-18-30-57/h1-45H. The summed E-state index contributed by atoms with van der Waals surface area (Å²) in [5, 5.41) is 12.2. The second-order valence-corrected chi connectivity index (χ2v) is 22.1. The molecule has 0 aliphatic rings. The van der Waals surface area contributed by atoms with Crippen LogP contribution < -0.4 is 47.7 Å². The van der Waals surface area contributed by atoms with Crippen molar-refractivity contribution in [1.82, 2.24) is 0 Å². The first-order chi connectivity index (χ1) is 31.2. The van der Waals surface area contributed by atoms with Gasteiger partial charge in [-0.15, -0.1) is 0 Å². The van der Waals surface area contributed by atoms with Gasteiger partial charge in [-0.1, -0.05) is 255 Å². The minimum atomic E-state index is -0.694. The van der Waals surface area contributed by atoms with Gasteiger partial charge in [0.2, 0.25) is 0 Å². The molecule has 63 heavy (non-hydrogen) atoms. The number of hydrogen-bond donors (Lipinski definition) is 0. The summed E-state index contributed by atoms with van der Waals surface area (Å²) in [6, 6.07) is 101. The largest absolute Gasteiger partial charge is 0.0622 e. The van der Waals surface area contributed by atoms with Crippen LogP contribution >= 0.6 is 23.8 Å². The van der Waals surface area contributed by atoms with E-state index >= 15 is 0 Å². The van der Waals surface area contributed by atoms with Gasteiger partial charge in [0.25, 0.3) is 0 Å². The SMILES string of the molecule is c1ccc(P(c2ccccc2)c2ccc(-c3cc(-c4ccc(P(c5ccccc5)c5ccccc5)cc4)cc(-c4ccc(P(c5ccccc5)c5ccccc5)cc4)c3)cc2)cc1. The summed E-state index contributed by atoms with van der Waals surface area (Å²) in [6.07, 6.45) is 0. The number of benzene rings is 10. The van der Waals surface area contributed by atoms with Crippen molar-refractivity contribution in [3.05, 3.63) is 273 Å². The summed E-state index contributed by atoms with van der Waals surface area (Å²) in [5.74, 6) is 0. The number of hydrogen-bond acceptors (Lipinski definition) is 0. The van der Waals surface area contributed by atoms with E-state index in [1.165, 1.54) is 81.1 Å². The molecule has 0 saturated heterocycles. The molecule has 0 heterocycles. The van der Waals surface area contributed by atoms with Crippen LogP contribution in [0.2, 0.25) is 0 Å². The summed E-state index contributed by atoms with van der Waals surface area (Å²) >= 11 is 0. The van der Waals surface area contributed by atoms with E-state index in [1.54, 1.807) is 0 Å². The monoisotopic (exact) mass is 858 g/mol. The van der Waals surface area contributed by atoms with E-state index in [0.29, 0.717) is 0 Å². The fraction of sp³-hybridized carbons (Fsp3) is 0. The fourth-order valence-electron chi connectivity index (χ4n) is 8.34. The molecule has 0 N–H and O–H groups in total. The Morgan fingerprint density at radius 2 is 0.302 bits per heavy atom. The quantitative estimate of drug-likeness (QED) is 0.107. The van der Waals surface area contributed by atoms with Crippen molar-refractivity contribution in [1.29, 1.82) is 0 Å². The zero-order chi connectivity index (χ0) is 42.2. The van der Waals surface area contributed by atoms with Gasteiger partial charge >= 0.3 is 0 Å². The zero-order valence-electron chi connectivity index (χ0n) is 34.8. The Hall–Kier alpha value is -6.51. The maximum Gasteiger partial charge on any atom is -0.0134 e. The topological polar surface area (TPSA) is 0 Å². The minimum Gasteiger partial charge on any atom is -0.0622 e. The average Bonchev–Trinajstić information content (AvgIpc) is 3.37. The molecule has 0 saturated carbocycles. The maximum atomic E-state index is 2.38. The van der Waals surface area contributed by atoms with Gasteiger partial charge in [-0.25, -0.2) is 0 Å². The summed E-state index contributed by atoms with van der Waals surface area (Å²) in [4.78, 5) is 0. The molecule has 0 atom stereocenters. The van der Waals surface area contributed by atoms with Crippen LogP contribution in [0.1, 0.15) is 0 Å². The van der Waals surface area contributed by atoms with Crippen molar-refractivity contribution in [2.24, 2.45) is 0 Å². The highest BCUT2D eigenvalue weighted by Crippen LogP contribution is 2.39. The molecule has 10 aromatic carbocycles. The van der Waals surface area contributed by atoms with E-state index in [1.807, 2.05) is 0 Å². The van der Waals surface area contributed by atoms with Crippen molar-refractivity contribution in [3.8, 4) is 33.4 Å². The van der Waals surface area contributed by atoms with Gasteiger partial charge in [0.15, 0.2) is 0 Å². The van der Waals surface area contributed by atoms with Gasteiger partial charge in [-0.05, 0) is 123 Å². The lowest BCUT2D eigenvalue weighted by atomic mass is 9.93. The Morgan fingerprint density at radius 3 is 0.476 bits per heavy atom. The van der Waals surface area contributed by atoms with E-state index < -0.39 is 23.8 Å². The zero-order valence-corrected chi connectivity index (χ0v) is 37.5. The van der Waals surface area contributed by atoms with Gasteiger partial charge in [0.1, 0.15) is 0 Å².